The molecule has 1 aliphatic heterocycles. The number of carbonyl (C=O) groups excluding carboxylic acids is 2. The van der Waals surface area contributed by atoms with E-state index >= 15 is 0 Å². The Balaban J connectivity index is 1.56. The van der Waals surface area contributed by atoms with E-state index in [0.29, 0.717) is 13.0 Å². The van der Waals surface area contributed by atoms with E-state index in [-0.39, 0.29) is 30.3 Å². The first-order valence-electron chi connectivity index (χ1n) is 9.02. The molecular formula is C20H20N2O7. The second-order valence-electron chi connectivity index (χ2n) is 6.37. The highest BCUT2D eigenvalue weighted by atomic mass is 16.6. The third-order valence-electron chi connectivity index (χ3n) is 4.39. The van der Waals surface area contributed by atoms with Gasteiger partial charge in [-0.2, -0.15) is 0 Å². The van der Waals surface area contributed by atoms with Crippen LogP contribution in [0.25, 0.3) is 0 Å². The van der Waals surface area contributed by atoms with Crippen molar-refractivity contribution in [2.24, 2.45) is 0 Å². The maximum atomic E-state index is 12.3. The van der Waals surface area contributed by atoms with Crippen LogP contribution in [-0.4, -0.2) is 43.2 Å². The van der Waals surface area contributed by atoms with Crippen LogP contribution in [0.5, 0.6) is 11.5 Å². The molecule has 1 N–H and O–H groups in total. The van der Waals surface area contributed by atoms with E-state index in [2.05, 4.69) is 5.32 Å². The zero-order chi connectivity index (χ0) is 20.8. The molecule has 2 aromatic rings. The molecule has 152 valence electrons. The molecule has 2 aromatic carbocycles. The Bertz CT molecular complexity index is 942. The lowest BCUT2D eigenvalue weighted by molar-refractivity contribution is -0.385. The van der Waals surface area contributed by atoms with E-state index in [4.69, 9.17) is 14.2 Å². The molecule has 0 unspecified atom stereocenters. The first kappa shape index (κ1) is 20.1. The summed E-state index contributed by atoms with van der Waals surface area (Å²) >= 11 is 0. The SMILES string of the molecule is Cc1ccccc1CCNC(=O)COC(=O)c1cc2c(cc1[N+](=O)[O-])OCCO2. The number of benzene rings is 2. The number of nitro groups is 1. The molecule has 0 saturated carbocycles. The molecule has 1 amide bonds. The highest BCUT2D eigenvalue weighted by molar-refractivity contribution is 5.96. The minimum atomic E-state index is -0.984. The Morgan fingerprint density at radius 1 is 1.17 bits per heavy atom. The Hall–Kier alpha value is -3.62. The molecule has 0 fully saturated rings. The van der Waals surface area contributed by atoms with Crippen molar-refractivity contribution in [1.82, 2.24) is 5.32 Å². The van der Waals surface area contributed by atoms with Gasteiger partial charge in [-0.15, -0.1) is 0 Å². The summed E-state index contributed by atoms with van der Waals surface area (Å²) in [7, 11) is 0. The molecule has 1 aliphatic rings. The summed E-state index contributed by atoms with van der Waals surface area (Å²) in [5.41, 5.74) is 1.46. The van der Waals surface area contributed by atoms with Crippen molar-refractivity contribution in [3.63, 3.8) is 0 Å². The summed E-state index contributed by atoms with van der Waals surface area (Å²) in [4.78, 5) is 34.8. The fourth-order valence-electron chi connectivity index (χ4n) is 2.88. The van der Waals surface area contributed by atoms with Crippen molar-refractivity contribution in [3.8, 4) is 11.5 Å². The van der Waals surface area contributed by atoms with Gasteiger partial charge in [0.05, 0.1) is 11.0 Å². The molecule has 0 atom stereocenters. The van der Waals surface area contributed by atoms with Crippen LogP contribution in [0.2, 0.25) is 0 Å². The number of nitrogens with one attached hydrogen (secondary N) is 1. The monoisotopic (exact) mass is 400 g/mol. The van der Waals surface area contributed by atoms with E-state index in [9.17, 15) is 19.7 Å². The summed E-state index contributed by atoms with van der Waals surface area (Å²) in [5, 5.41) is 13.9. The predicted molar refractivity (Wildman–Crippen MR) is 102 cm³/mol. The Labute approximate surface area is 166 Å². The quantitative estimate of drug-likeness (QED) is 0.430. The van der Waals surface area contributed by atoms with Crippen LogP contribution >= 0.6 is 0 Å². The third-order valence-corrected chi connectivity index (χ3v) is 4.39. The molecule has 0 spiro atoms. The number of carbonyl (C=O) groups is 2. The first-order valence-corrected chi connectivity index (χ1v) is 9.02. The first-order chi connectivity index (χ1) is 14.0. The Kier molecular flexibility index (Phi) is 6.28. The van der Waals surface area contributed by atoms with E-state index < -0.39 is 29.1 Å². The number of fused-ring (bicyclic) bond motifs is 1. The fraction of sp³-hybridized carbons (Fsp3) is 0.300. The van der Waals surface area contributed by atoms with Gasteiger partial charge in [0.2, 0.25) is 0 Å². The summed E-state index contributed by atoms with van der Waals surface area (Å²) in [6.45, 7) is 2.35. The van der Waals surface area contributed by atoms with Crippen molar-refractivity contribution in [1.29, 1.82) is 0 Å². The van der Waals surface area contributed by atoms with Crippen molar-refractivity contribution < 1.29 is 28.7 Å². The number of hydrogen-bond donors (Lipinski definition) is 1. The molecule has 1 heterocycles. The summed E-state index contributed by atoms with van der Waals surface area (Å²) in [5.74, 6) is -1.07. The van der Waals surface area contributed by atoms with Crippen LogP contribution in [0.3, 0.4) is 0 Å². The van der Waals surface area contributed by atoms with Gasteiger partial charge in [-0.3, -0.25) is 14.9 Å². The molecule has 3 rings (SSSR count). The second kappa shape index (κ2) is 9.05. The molecule has 0 radical (unpaired) electrons. The maximum absolute atomic E-state index is 12.3. The van der Waals surface area contributed by atoms with Gasteiger partial charge in [-0.25, -0.2) is 4.79 Å². The molecule has 0 saturated heterocycles. The molecule has 0 aromatic heterocycles. The van der Waals surface area contributed by atoms with E-state index in [0.717, 1.165) is 17.2 Å². The van der Waals surface area contributed by atoms with Gasteiger partial charge in [0.25, 0.3) is 11.6 Å². The molecule has 0 aliphatic carbocycles. The number of hydrogen-bond acceptors (Lipinski definition) is 7. The highest BCUT2D eigenvalue weighted by Crippen LogP contribution is 2.36. The van der Waals surface area contributed by atoms with Crippen LogP contribution in [0, 0.1) is 17.0 Å². The number of ether oxygens (including phenoxy) is 3. The topological polar surface area (TPSA) is 117 Å². The summed E-state index contributed by atoms with van der Waals surface area (Å²) < 4.78 is 15.6. The van der Waals surface area contributed by atoms with Crippen LogP contribution in [0.1, 0.15) is 21.5 Å². The highest BCUT2D eigenvalue weighted by Gasteiger charge is 2.27. The summed E-state index contributed by atoms with van der Waals surface area (Å²) in [6, 6.07) is 10.1. The van der Waals surface area contributed by atoms with Gasteiger partial charge in [-0.05, 0) is 24.5 Å². The van der Waals surface area contributed by atoms with Crippen LogP contribution in [-0.2, 0) is 16.0 Å². The average Bonchev–Trinajstić information content (AvgIpc) is 2.72. The molecule has 29 heavy (non-hydrogen) atoms. The van der Waals surface area contributed by atoms with Gasteiger partial charge < -0.3 is 19.5 Å². The second-order valence-corrected chi connectivity index (χ2v) is 6.37. The third kappa shape index (κ3) is 5.01. The number of amides is 1. The van der Waals surface area contributed by atoms with Crippen molar-refractivity contribution in [2.75, 3.05) is 26.4 Å². The number of aryl methyl sites for hydroxylation is 1. The zero-order valence-corrected chi connectivity index (χ0v) is 15.8. The van der Waals surface area contributed by atoms with Gasteiger partial charge in [0, 0.05) is 12.6 Å². The van der Waals surface area contributed by atoms with Gasteiger partial charge in [-0.1, -0.05) is 24.3 Å². The lowest BCUT2D eigenvalue weighted by atomic mass is 10.1. The average molecular weight is 400 g/mol. The minimum Gasteiger partial charge on any atom is -0.486 e. The lowest BCUT2D eigenvalue weighted by Crippen LogP contribution is -2.30. The molecule has 9 heteroatoms. The van der Waals surface area contributed by atoms with Crippen molar-refractivity contribution in [2.45, 2.75) is 13.3 Å². The smallest absolute Gasteiger partial charge is 0.345 e. The standard InChI is InChI=1S/C20H20N2O7/c1-13-4-2-3-5-14(13)6-7-21-19(23)12-29-20(24)15-10-17-18(28-9-8-27-17)11-16(15)22(25)26/h2-5,10-11H,6-9,12H2,1H3,(H,21,23). The fourth-order valence-corrected chi connectivity index (χ4v) is 2.88. The number of nitro benzene ring substituents is 1. The number of rotatable bonds is 7. The lowest BCUT2D eigenvalue weighted by Gasteiger charge is -2.18. The van der Waals surface area contributed by atoms with Crippen LogP contribution < -0.4 is 14.8 Å². The maximum Gasteiger partial charge on any atom is 0.345 e. The normalized spacial score (nSPS) is 12.2. The van der Waals surface area contributed by atoms with Crippen molar-refractivity contribution in [3.05, 3.63) is 63.2 Å². The molecular weight excluding hydrogens is 380 g/mol. The van der Waals surface area contributed by atoms with Gasteiger partial charge >= 0.3 is 5.97 Å². The Morgan fingerprint density at radius 3 is 2.55 bits per heavy atom. The zero-order valence-electron chi connectivity index (χ0n) is 15.8. The largest absolute Gasteiger partial charge is 0.486 e. The Morgan fingerprint density at radius 2 is 1.86 bits per heavy atom. The van der Waals surface area contributed by atoms with Gasteiger partial charge in [0.15, 0.2) is 18.1 Å². The van der Waals surface area contributed by atoms with E-state index in [1.54, 1.807) is 0 Å². The number of esters is 1. The van der Waals surface area contributed by atoms with Gasteiger partial charge in [0.1, 0.15) is 18.8 Å². The predicted octanol–water partition coefficient (Wildman–Crippen LogP) is 2.19. The van der Waals surface area contributed by atoms with Crippen LogP contribution in [0.4, 0.5) is 5.69 Å². The van der Waals surface area contributed by atoms with E-state index in [1.807, 2.05) is 31.2 Å². The minimum absolute atomic E-state index is 0.188. The molecule has 0 bridgehead atoms. The van der Waals surface area contributed by atoms with E-state index in [1.165, 1.54) is 6.07 Å². The van der Waals surface area contributed by atoms with Crippen molar-refractivity contribution >= 4 is 17.6 Å². The number of nitrogens with zero attached hydrogens (tertiary/aromatic N) is 1. The molecule has 9 nitrogen and oxygen atoms in total. The summed E-state index contributed by atoms with van der Waals surface area (Å²) in [6.07, 6.45) is 0.639. The van der Waals surface area contributed by atoms with Crippen LogP contribution in [0.15, 0.2) is 36.4 Å².